The van der Waals surface area contributed by atoms with Gasteiger partial charge >= 0.3 is 6.36 Å². The molecule has 0 saturated carbocycles. The summed E-state index contributed by atoms with van der Waals surface area (Å²) in [6, 6.07) is 5.27. The zero-order valence-corrected chi connectivity index (χ0v) is 9.51. The van der Waals surface area contributed by atoms with Crippen LogP contribution in [0.15, 0.2) is 36.2 Å². The van der Waals surface area contributed by atoms with Crippen molar-refractivity contribution < 1.29 is 17.9 Å². The van der Waals surface area contributed by atoms with Crippen molar-refractivity contribution in [2.45, 2.75) is 13.3 Å². The van der Waals surface area contributed by atoms with E-state index < -0.39 is 6.36 Å². The van der Waals surface area contributed by atoms with Gasteiger partial charge in [0.1, 0.15) is 11.6 Å². The lowest BCUT2D eigenvalue weighted by Crippen LogP contribution is -2.17. The Bertz CT molecular complexity index is 469. The van der Waals surface area contributed by atoms with Crippen LogP contribution >= 0.6 is 0 Å². The first-order valence-corrected chi connectivity index (χ1v) is 4.91. The van der Waals surface area contributed by atoms with Crippen LogP contribution in [0.3, 0.4) is 0 Å². The Labute approximate surface area is 102 Å². The second-order valence-corrected chi connectivity index (χ2v) is 3.48. The van der Waals surface area contributed by atoms with Gasteiger partial charge < -0.3 is 21.2 Å². The van der Waals surface area contributed by atoms with Gasteiger partial charge in [-0.3, -0.25) is 0 Å². The SMILES string of the molecule is CC(=N)/C=C(/N)Nc1cccc(OC(F)(F)F)c1. The molecule has 1 aromatic rings. The lowest BCUT2D eigenvalue weighted by atomic mass is 10.3. The number of allylic oxidation sites excluding steroid dienone is 1. The third kappa shape index (κ3) is 5.24. The zero-order chi connectivity index (χ0) is 13.8. The molecule has 0 aliphatic rings. The van der Waals surface area contributed by atoms with Crippen molar-refractivity contribution in [1.82, 2.24) is 0 Å². The molecule has 0 bridgehead atoms. The molecule has 0 saturated heterocycles. The second-order valence-electron chi connectivity index (χ2n) is 3.48. The van der Waals surface area contributed by atoms with Crippen molar-refractivity contribution in [2.75, 3.05) is 5.32 Å². The number of ether oxygens (including phenoxy) is 1. The fourth-order valence-corrected chi connectivity index (χ4v) is 1.21. The number of anilines is 1. The Balaban J connectivity index is 2.80. The number of benzene rings is 1. The fraction of sp³-hybridized carbons (Fsp3) is 0.182. The summed E-state index contributed by atoms with van der Waals surface area (Å²) >= 11 is 0. The highest BCUT2D eigenvalue weighted by atomic mass is 19.4. The molecule has 0 unspecified atom stereocenters. The van der Waals surface area contributed by atoms with Crippen LogP contribution in [-0.4, -0.2) is 12.1 Å². The number of alkyl halides is 3. The van der Waals surface area contributed by atoms with Gasteiger partial charge in [-0.15, -0.1) is 13.2 Å². The first kappa shape index (κ1) is 13.9. The van der Waals surface area contributed by atoms with Gasteiger partial charge in [-0.2, -0.15) is 0 Å². The number of halogens is 3. The maximum atomic E-state index is 12.0. The maximum Gasteiger partial charge on any atom is 0.573 e. The van der Waals surface area contributed by atoms with Crippen molar-refractivity contribution in [3.8, 4) is 5.75 Å². The lowest BCUT2D eigenvalue weighted by molar-refractivity contribution is -0.274. The highest BCUT2D eigenvalue weighted by molar-refractivity contribution is 5.90. The Morgan fingerprint density at radius 1 is 1.44 bits per heavy atom. The second kappa shape index (κ2) is 5.44. The van der Waals surface area contributed by atoms with Gasteiger partial charge in [-0.25, -0.2) is 0 Å². The van der Waals surface area contributed by atoms with E-state index in [1.165, 1.54) is 31.2 Å². The molecule has 7 heteroatoms. The first-order valence-electron chi connectivity index (χ1n) is 4.91. The highest BCUT2D eigenvalue weighted by Gasteiger charge is 2.31. The van der Waals surface area contributed by atoms with E-state index in [0.717, 1.165) is 6.07 Å². The average molecular weight is 259 g/mol. The zero-order valence-electron chi connectivity index (χ0n) is 9.51. The predicted molar refractivity (Wildman–Crippen MR) is 62.4 cm³/mol. The summed E-state index contributed by atoms with van der Waals surface area (Å²) in [5, 5.41) is 9.83. The van der Waals surface area contributed by atoms with Crippen LogP contribution in [0.1, 0.15) is 6.92 Å². The largest absolute Gasteiger partial charge is 0.573 e. The minimum atomic E-state index is -4.73. The highest BCUT2D eigenvalue weighted by Crippen LogP contribution is 2.25. The monoisotopic (exact) mass is 259 g/mol. The van der Waals surface area contributed by atoms with Gasteiger partial charge in [0.15, 0.2) is 0 Å². The smallest absolute Gasteiger partial charge is 0.406 e. The van der Waals surface area contributed by atoms with Crippen molar-refractivity contribution in [2.24, 2.45) is 5.73 Å². The van der Waals surface area contributed by atoms with Gasteiger partial charge in [0.25, 0.3) is 0 Å². The van der Waals surface area contributed by atoms with E-state index in [1.54, 1.807) is 0 Å². The number of hydrogen-bond donors (Lipinski definition) is 3. The summed E-state index contributed by atoms with van der Waals surface area (Å²) in [4.78, 5) is 0. The minimum Gasteiger partial charge on any atom is -0.406 e. The molecule has 1 aromatic carbocycles. The van der Waals surface area contributed by atoms with E-state index in [2.05, 4.69) is 10.1 Å². The molecular weight excluding hydrogens is 247 g/mol. The van der Waals surface area contributed by atoms with Crippen LogP contribution < -0.4 is 15.8 Å². The Morgan fingerprint density at radius 2 is 2.11 bits per heavy atom. The van der Waals surface area contributed by atoms with Crippen LogP contribution in [0.25, 0.3) is 0 Å². The molecule has 1 rings (SSSR count). The van der Waals surface area contributed by atoms with Crippen molar-refractivity contribution in [3.63, 3.8) is 0 Å². The molecule has 0 radical (unpaired) electrons. The summed E-state index contributed by atoms with van der Waals surface area (Å²) in [5.41, 5.74) is 6.09. The molecule has 98 valence electrons. The molecule has 0 fully saturated rings. The Morgan fingerprint density at radius 3 is 2.67 bits per heavy atom. The van der Waals surface area contributed by atoms with Crippen molar-refractivity contribution in [3.05, 3.63) is 36.2 Å². The molecule has 4 nitrogen and oxygen atoms in total. The number of nitrogens with one attached hydrogen (secondary N) is 2. The van der Waals surface area contributed by atoms with E-state index >= 15 is 0 Å². The number of nitrogens with two attached hydrogens (primary N) is 1. The van der Waals surface area contributed by atoms with Gasteiger partial charge in [0, 0.05) is 17.5 Å². The van der Waals surface area contributed by atoms with Gasteiger partial charge in [0.2, 0.25) is 0 Å². The van der Waals surface area contributed by atoms with Crippen LogP contribution in [0.4, 0.5) is 18.9 Å². The molecular formula is C11H12F3N3O. The number of hydrogen-bond acceptors (Lipinski definition) is 4. The summed E-state index contributed by atoms with van der Waals surface area (Å²) in [6.07, 6.45) is -3.39. The van der Waals surface area contributed by atoms with Crippen molar-refractivity contribution >= 4 is 11.4 Å². The average Bonchev–Trinajstić information content (AvgIpc) is 2.13. The normalized spacial score (nSPS) is 12.1. The summed E-state index contributed by atoms with van der Waals surface area (Å²) in [7, 11) is 0. The van der Waals surface area contributed by atoms with E-state index in [4.69, 9.17) is 11.1 Å². The molecule has 0 aliphatic heterocycles. The molecule has 18 heavy (non-hydrogen) atoms. The molecule has 0 spiro atoms. The summed E-state index contributed by atoms with van der Waals surface area (Å²) in [5.74, 6) is -0.182. The standard InChI is InChI=1S/C11H12F3N3O/c1-7(15)5-10(16)17-8-3-2-4-9(6-8)18-11(12,13)14/h2-6,15,17H,16H2,1H3/b10-5-,15-7?. The third-order valence-corrected chi connectivity index (χ3v) is 1.73. The van der Waals surface area contributed by atoms with E-state index in [1.807, 2.05) is 0 Å². The topological polar surface area (TPSA) is 71.1 Å². The number of rotatable bonds is 4. The fourth-order valence-electron chi connectivity index (χ4n) is 1.21. The van der Waals surface area contributed by atoms with Gasteiger partial charge in [0.05, 0.1) is 0 Å². The van der Waals surface area contributed by atoms with Crippen molar-refractivity contribution in [1.29, 1.82) is 5.41 Å². The van der Waals surface area contributed by atoms with E-state index in [0.29, 0.717) is 5.69 Å². The third-order valence-electron chi connectivity index (χ3n) is 1.73. The maximum absolute atomic E-state index is 12.0. The van der Waals surface area contributed by atoms with Crippen LogP contribution in [0, 0.1) is 5.41 Å². The van der Waals surface area contributed by atoms with Crippen LogP contribution in [0.2, 0.25) is 0 Å². The quantitative estimate of drug-likeness (QED) is 0.728. The van der Waals surface area contributed by atoms with Crippen LogP contribution in [0.5, 0.6) is 5.75 Å². The molecule has 0 amide bonds. The molecule has 0 atom stereocenters. The van der Waals surface area contributed by atoms with E-state index in [-0.39, 0.29) is 17.3 Å². The molecule has 0 heterocycles. The Hall–Kier alpha value is -2.18. The molecule has 4 N–H and O–H groups in total. The van der Waals surface area contributed by atoms with E-state index in [9.17, 15) is 13.2 Å². The summed E-state index contributed by atoms with van der Waals surface area (Å²) in [6.45, 7) is 1.53. The molecule has 0 aliphatic carbocycles. The predicted octanol–water partition coefficient (Wildman–Crippen LogP) is 2.84. The van der Waals surface area contributed by atoms with Gasteiger partial charge in [-0.1, -0.05) is 6.07 Å². The lowest BCUT2D eigenvalue weighted by Gasteiger charge is -2.11. The molecule has 0 aromatic heterocycles. The minimum absolute atomic E-state index is 0.159. The first-order chi connectivity index (χ1) is 8.26. The van der Waals surface area contributed by atoms with Crippen LogP contribution in [-0.2, 0) is 0 Å². The Kier molecular flexibility index (Phi) is 4.19. The summed E-state index contributed by atoms with van der Waals surface area (Å²) < 4.78 is 39.8. The van der Waals surface area contributed by atoms with Gasteiger partial charge in [-0.05, 0) is 25.1 Å².